The number of rotatable bonds is 6. The highest BCUT2D eigenvalue weighted by molar-refractivity contribution is 5.77. The van der Waals surface area contributed by atoms with E-state index in [2.05, 4.69) is 11.4 Å². The average molecular weight is 330 g/mol. The molecule has 0 aliphatic carbocycles. The van der Waals surface area contributed by atoms with E-state index < -0.39 is 11.9 Å². The van der Waals surface area contributed by atoms with E-state index >= 15 is 0 Å². The summed E-state index contributed by atoms with van der Waals surface area (Å²) in [6, 6.07) is 11.7. The lowest BCUT2D eigenvalue weighted by Crippen LogP contribution is -2.25. The van der Waals surface area contributed by atoms with Gasteiger partial charge in [-0.3, -0.25) is 4.79 Å². The van der Waals surface area contributed by atoms with Gasteiger partial charge in [0, 0.05) is 26.3 Å². The molecule has 128 valence electrons. The topological polar surface area (TPSA) is 52.6 Å². The van der Waals surface area contributed by atoms with E-state index in [1.165, 1.54) is 18.2 Å². The molecule has 0 unspecified atom stereocenters. The van der Waals surface area contributed by atoms with Gasteiger partial charge in [-0.25, -0.2) is 4.39 Å². The van der Waals surface area contributed by atoms with E-state index in [-0.39, 0.29) is 12.3 Å². The number of aliphatic hydroxyl groups is 1. The number of nitrogens with one attached hydrogen (secondary N) is 1. The quantitative estimate of drug-likeness (QED) is 0.856. The van der Waals surface area contributed by atoms with E-state index in [1.807, 2.05) is 38.1 Å². The zero-order valence-corrected chi connectivity index (χ0v) is 14.2. The van der Waals surface area contributed by atoms with Crippen LogP contribution in [0.3, 0.4) is 0 Å². The van der Waals surface area contributed by atoms with Crippen LogP contribution in [0, 0.1) is 12.7 Å². The highest BCUT2D eigenvalue weighted by Gasteiger charge is 2.14. The minimum atomic E-state index is -1.02. The molecule has 24 heavy (non-hydrogen) atoms. The van der Waals surface area contributed by atoms with Crippen LogP contribution >= 0.6 is 0 Å². The molecule has 0 spiro atoms. The molecule has 0 bridgehead atoms. The predicted molar refractivity (Wildman–Crippen MR) is 93.3 cm³/mol. The molecule has 4 nitrogen and oxygen atoms in total. The summed E-state index contributed by atoms with van der Waals surface area (Å²) in [5.41, 5.74) is 3.59. The summed E-state index contributed by atoms with van der Waals surface area (Å²) < 4.78 is 13.2. The third-order valence-corrected chi connectivity index (χ3v) is 3.81. The monoisotopic (exact) mass is 330 g/mol. The molecule has 0 aliphatic rings. The maximum Gasteiger partial charge on any atom is 0.223 e. The van der Waals surface area contributed by atoms with Crippen molar-refractivity contribution < 1.29 is 14.3 Å². The van der Waals surface area contributed by atoms with Crippen molar-refractivity contribution in [3.63, 3.8) is 0 Å². The molecule has 0 aliphatic heterocycles. The highest BCUT2D eigenvalue weighted by Crippen LogP contribution is 2.21. The summed E-state index contributed by atoms with van der Waals surface area (Å²) in [5.74, 6) is -0.709. The van der Waals surface area contributed by atoms with Crippen LogP contribution in [-0.4, -0.2) is 25.1 Å². The maximum atomic E-state index is 13.2. The first-order valence-corrected chi connectivity index (χ1v) is 7.84. The summed E-state index contributed by atoms with van der Waals surface area (Å²) in [5, 5.41) is 12.9. The fraction of sp³-hybridized carbons (Fsp3) is 0.316. The lowest BCUT2D eigenvalue weighted by molar-refractivity contribution is -0.123. The zero-order valence-electron chi connectivity index (χ0n) is 14.2. The summed E-state index contributed by atoms with van der Waals surface area (Å²) >= 11 is 0. The first-order chi connectivity index (χ1) is 11.4. The van der Waals surface area contributed by atoms with E-state index in [4.69, 9.17) is 0 Å². The van der Waals surface area contributed by atoms with Crippen molar-refractivity contribution in [2.45, 2.75) is 26.0 Å². The summed E-state index contributed by atoms with van der Waals surface area (Å²) in [6.07, 6.45) is -1.13. The number of carbonyl (C=O) groups excluding carboxylic acids is 1. The fourth-order valence-corrected chi connectivity index (χ4v) is 2.51. The van der Waals surface area contributed by atoms with Gasteiger partial charge >= 0.3 is 0 Å². The molecule has 0 radical (unpaired) electrons. The third-order valence-electron chi connectivity index (χ3n) is 3.81. The van der Waals surface area contributed by atoms with Gasteiger partial charge in [-0.2, -0.15) is 0 Å². The Kier molecular flexibility index (Phi) is 5.93. The van der Waals surface area contributed by atoms with Crippen molar-refractivity contribution in [2.24, 2.45) is 0 Å². The van der Waals surface area contributed by atoms with Gasteiger partial charge in [0.1, 0.15) is 5.82 Å². The minimum absolute atomic E-state index is 0.105. The number of carbonyl (C=O) groups is 1. The van der Waals surface area contributed by atoms with Gasteiger partial charge < -0.3 is 15.3 Å². The number of halogens is 1. The summed E-state index contributed by atoms with van der Waals surface area (Å²) in [4.78, 5) is 14.1. The Morgan fingerprint density at radius 1 is 1.25 bits per heavy atom. The molecule has 2 rings (SSSR count). The molecule has 0 heterocycles. The Balaban J connectivity index is 1.96. The Morgan fingerprint density at radius 3 is 2.67 bits per heavy atom. The van der Waals surface area contributed by atoms with Crippen LogP contribution in [-0.2, 0) is 11.3 Å². The van der Waals surface area contributed by atoms with Crippen LogP contribution in [0.4, 0.5) is 10.1 Å². The lowest BCUT2D eigenvalue weighted by atomic mass is 10.1. The van der Waals surface area contributed by atoms with Crippen molar-refractivity contribution in [1.29, 1.82) is 0 Å². The third kappa shape index (κ3) is 4.80. The smallest absolute Gasteiger partial charge is 0.223 e. The normalized spacial score (nSPS) is 11.9. The number of aryl methyl sites for hydroxylation is 1. The molecule has 0 aromatic heterocycles. The second kappa shape index (κ2) is 7.93. The molecule has 0 saturated carbocycles. The Morgan fingerprint density at radius 2 is 2.00 bits per heavy atom. The van der Waals surface area contributed by atoms with Crippen LogP contribution < -0.4 is 10.2 Å². The number of nitrogens with zero attached hydrogens (tertiary/aromatic N) is 1. The lowest BCUT2D eigenvalue weighted by Gasteiger charge is -2.19. The van der Waals surface area contributed by atoms with Crippen LogP contribution in [0.5, 0.6) is 0 Å². The van der Waals surface area contributed by atoms with Crippen molar-refractivity contribution >= 4 is 11.6 Å². The van der Waals surface area contributed by atoms with Crippen LogP contribution in [0.1, 0.15) is 29.2 Å². The first-order valence-electron chi connectivity index (χ1n) is 7.84. The van der Waals surface area contributed by atoms with Gasteiger partial charge in [-0.1, -0.05) is 24.3 Å². The average Bonchev–Trinajstić information content (AvgIpc) is 2.53. The van der Waals surface area contributed by atoms with Crippen LogP contribution in [0.25, 0.3) is 0 Å². The van der Waals surface area contributed by atoms with Gasteiger partial charge in [0.25, 0.3) is 0 Å². The molecule has 0 saturated heterocycles. The molecular formula is C19H23FN2O2. The minimum Gasteiger partial charge on any atom is -0.388 e. The van der Waals surface area contributed by atoms with Gasteiger partial charge in [-0.05, 0) is 41.8 Å². The zero-order chi connectivity index (χ0) is 17.7. The largest absolute Gasteiger partial charge is 0.388 e. The van der Waals surface area contributed by atoms with E-state index in [9.17, 15) is 14.3 Å². The molecular weight excluding hydrogens is 307 g/mol. The molecule has 1 atom stereocenters. The molecule has 1 amide bonds. The number of benzene rings is 2. The van der Waals surface area contributed by atoms with Gasteiger partial charge in [0.15, 0.2) is 0 Å². The Hall–Kier alpha value is -2.40. The second-order valence-electron chi connectivity index (χ2n) is 6.08. The predicted octanol–water partition coefficient (Wildman–Crippen LogP) is 2.94. The van der Waals surface area contributed by atoms with Crippen LogP contribution in [0.15, 0.2) is 42.5 Å². The fourth-order valence-electron chi connectivity index (χ4n) is 2.51. The molecule has 5 heteroatoms. The molecule has 2 aromatic rings. The molecule has 2 N–H and O–H groups in total. The standard InChI is InChI=1S/C19H23FN2O2/c1-13-7-8-15(17(9-13)22(2)3)12-21-19(24)11-18(23)14-5-4-6-16(20)10-14/h4-10,18,23H,11-12H2,1-3H3,(H,21,24)/t18-/m0/s1. The number of anilines is 1. The van der Waals surface area contributed by atoms with E-state index in [0.29, 0.717) is 12.1 Å². The Bertz CT molecular complexity index is 716. The van der Waals surface area contributed by atoms with Gasteiger partial charge in [0.05, 0.1) is 12.5 Å². The van der Waals surface area contributed by atoms with Crippen LogP contribution in [0.2, 0.25) is 0 Å². The van der Waals surface area contributed by atoms with Crippen molar-refractivity contribution in [1.82, 2.24) is 5.32 Å². The van der Waals surface area contributed by atoms with Crippen molar-refractivity contribution in [3.05, 3.63) is 65.0 Å². The maximum absolute atomic E-state index is 13.2. The SMILES string of the molecule is Cc1ccc(CNC(=O)C[C@H](O)c2cccc(F)c2)c(N(C)C)c1. The van der Waals surface area contributed by atoms with E-state index in [0.717, 1.165) is 16.8 Å². The summed E-state index contributed by atoms with van der Waals surface area (Å²) in [7, 11) is 3.90. The summed E-state index contributed by atoms with van der Waals surface area (Å²) in [6.45, 7) is 2.40. The number of hydrogen-bond donors (Lipinski definition) is 2. The van der Waals surface area contributed by atoms with Crippen molar-refractivity contribution in [2.75, 3.05) is 19.0 Å². The highest BCUT2D eigenvalue weighted by atomic mass is 19.1. The van der Waals surface area contributed by atoms with Gasteiger partial charge in [-0.15, -0.1) is 0 Å². The number of hydrogen-bond acceptors (Lipinski definition) is 3. The number of amides is 1. The Labute approximate surface area is 141 Å². The van der Waals surface area contributed by atoms with Crippen molar-refractivity contribution in [3.8, 4) is 0 Å². The van der Waals surface area contributed by atoms with E-state index in [1.54, 1.807) is 6.07 Å². The number of aliphatic hydroxyl groups excluding tert-OH is 1. The first kappa shape index (κ1) is 17.9. The van der Waals surface area contributed by atoms with Gasteiger partial charge in [0.2, 0.25) is 5.91 Å². The molecule has 2 aromatic carbocycles. The molecule has 0 fully saturated rings. The second-order valence-corrected chi connectivity index (χ2v) is 6.08.